The number of ether oxygens (including phenoxy) is 1. The minimum atomic E-state index is -0.232. The summed E-state index contributed by atoms with van der Waals surface area (Å²) in [6.45, 7) is 2.03. The first-order valence-electron chi connectivity index (χ1n) is 6.01. The number of amides is 2. The molecule has 0 bridgehead atoms. The van der Waals surface area contributed by atoms with Gasteiger partial charge in [-0.1, -0.05) is 6.92 Å². The number of hydrogen-bond donors (Lipinski definition) is 3. The average molecular weight is 265 g/mol. The monoisotopic (exact) mass is 265 g/mol. The van der Waals surface area contributed by atoms with Gasteiger partial charge in [0, 0.05) is 25.2 Å². The van der Waals surface area contributed by atoms with Crippen LogP contribution in [-0.2, 0) is 9.59 Å². The molecule has 0 aliphatic rings. The number of benzene rings is 1. The summed E-state index contributed by atoms with van der Waals surface area (Å²) in [6.07, 6.45) is 0. The topological polar surface area (TPSA) is 93.5 Å². The van der Waals surface area contributed by atoms with Gasteiger partial charge in [-0.3, -0.25) is 9.59 Å². The van der Waals surface area contributed by atoms with Gasteiger partial charge in [-0.05, 0) is 24.3 Å². The van der Waals surface area contributed by atoms with Gasteiger partial charge >= 0.3 is 0 Å². The van der Waals surface area contributed by atoms with E-state index in [1.165, 1.54) is 0 Å². The summed E-state index contributed by atoms with van der Waals surface area (Å²) in [5, 5.41) is 5.20. The molecule has 0 saturated heterocycles. The first-order valence-corrected chi connectivity index (χ1v) is 6.01. The molecule has 19 heavy (non-hydrogen) atoms. The molecule has 1 atom stereocenters. The lowest BCUT2D eigenvalue weighted by Crippen LogP contribution is -2.26. The van der Waals surface area contributed by atoms with Gasteiger partial charge in [-0.2, -0.15) is 0 Å². The van der Waals surface area contributed by atoms with Crippen LogP contribution in [-0.4, -0.2) is 32.0 Å². The number of anilines is 1. The van der Waals surface area contributed by atoms with E-state index in [-0.39, 0.29) is 24.3 Å². The van der Waals surface area contributed by atoms with Gasteiger partial charge in [-0.15, -0.1) is 0 Å². The molecule has 0 saturated carbocycles. The number of rotatable bonds is 6. The molecule has 1 unspecified atom stereocenters. The Labute approximate surface area is 112 Å². The Bertz CT molecular complexity index is 431. The SMILES string of the molecule is CNC(=O)COc1ccc(NC(=O)C(C)CN)cc1. The maximum atomic E-state index is 11.6. The Morgan fingerprint density at radius 1 is 1.32 bits per heavy atom. The average Bonchev–Trinajstić information content (AvgIpc) is 2.45. The van der Waals surface area contributed by atoms with Crippen LogP contribution in [0.15, 0.2) is 24.3 Å². The van der Waals surface area contributed by atoms with Gasteiger partial charge < -0.3 is 21.1 Å². The van der Waals surface area contributed by atoms with Crippen molar-refractivity contribution in [2.24, 2.45) is 11.7 Å². The van der Waals surface area contributed by atoms with E-state index in [1.807, 2.05) is 0 Å². The molecule has 4 N–H and O–H groups in total. The molecule has 6 nitrogen and oxygen atoms in total. The Balaban J connectivity index is 2.52. The number of carbonyl (C=O) groups excluding carboxylic acids is 2. The first-order chi connectivity index (χ1) is 9.06. The Morgan fingerprint density at radius 2 is 1.95 bits per heavy atom. The molecule has 0 aromatic heterocycles. The fourth-order valence-electron chi connectivity index (χ4n) is 1.23. The van der Waals surface area contributed by atoms with E-state index < -0.39 is 0 Å². The maximum absolute atomic E-state index is 11.6. The summed E-state index contributed by atoms with van der Waals surface area (Å²) in [7, 11) is 1.54. The smallest absolute Gasteiger partial charge is 0.257 e. The van der Waals surface area contributed by atoms with E-state index in [2.05, 4.69) is 10.6 Å². The van der Waals surface area contributed by atoms with Crippen LogP contribution in [0.3, 0.4) is 0 Å². The summed E-state index contributed by atoms with van der Waals surface area (Å²) >= 11 is 0. The Kier molecular flexibility index (Phi) is 5.81. The van der Waals surface area contributed by atoms with Crippen LogP contribution < -0.4 is 21.1 Å². The Hall–Kier alpha value is -2.08. The minimum absolute atomic E-state index is 0.0353. The predicted octanol–water partition coefficient (Wildman–Crippen LogP) is 0.345. The van der Waals surface area contributed by atoms with Gasteiger partial charge in [0.25, 0.3) is 5.91 Å². The lowest BCUT2D eigenvalue weighted by atomic mass is 10.1. The lowest BCUT2D eigenvalue weighted by Gasteiger charge is -2.10. The molecule has 0 radical (unpaired) electrons. The second-order valence-electron chi connectivity index (χ2n) is 4.11. The van der Waals surface area contributed by atoms with Crippen molar-refractivity contribution in [3.63, 3.8) is 0 Å². The molecule has 1 aromatic rings. The van der Waals surface area contributed by atoms with Crippen molar-refractivity contribution in [2.75, 3.05) is 25.5 Å². The highest BCUT2D eigenvalue weighted by Gasteiger charge is 2.10. The molecule has 0 fully saturated rings. The second-order valence-corrected chi connectivity index (χ2v) is 4.11. The van der Waals surface area contributed by atoms with Crippen molar-refractivity contribution in [1.82, 2.24) is 5.32 Å². The van der Waals surface area contributed by atoms with Crippen molar-refractivity contribution < 1.29 is 14.3 Å². The van der Waals surface area contributed by atoms with Crippen LogP contribution in [0.5, 0.6) is 5.75 Å². The molecule has 0 spiro atoms. The molecule has 2 amide bonds. The van der Waals surface area contributed by atoms with E-state index >= 15 is 0 Å². The third-order valence-corrected chi connectivity index (χ3v) is 2.57. The predicted molar refractivity (Wildman–Crippen MR) is 72.9 cm³/mol. The summed E-state index contributed by atoms with van der Waals surface area (Å²) in [5.41, 5.74) is 6.08. The summed E-state index contributed by atoms with van der Waals surface area (Å²) in [6, 6.07) is 6.79. The number of carbonyl (C=O) groups is 2. The van der Waals surface area contributed by atoms with E-state index in [4.69, 9.17) is 10.5 Å². The molecule has 0 aliphatic carbocycles. The fourth-order valence-corrected chi connectivity index (χ4v) is 1.23. The van der Waals surface area contributed by atoms with Crippen molar-refractivity contribution in [1.29, 1.82) is 0 Å². The highest BCUT2D eigenvalue weighted by molar-refractivity contribution is 5.92. The molecular weight excluding hydrogens is 246 g/mol. The van der Waals surface area contributed by atoms with Crippen LogP contribution in [0.2, 0.25) is 0 Å². The van der Waals surface area contributed by atoms with Crippen LogP contribution in [0, 0.1) is 5.92 Å². The molecule has 0 heterocycles. The minimum Gasteiger partial charge on any atom is -0.484 e. The number of hydrogen-bond acceptors (Lipinski definition) is 4. The van der Waals surface area contributed by atoms with Gasteiger partial charge in [0.05, 0.1) is 0 Å². The third-order valence-electron chi connectivity index (χ3n) is 2.57. The van der Waals surface area contributed by atoms with E-state index in [0.29, 0.717) is 18.0 Å². The lowest BCUT2D eigenvalue weighted by molar-refractivity contribution is -0.122. The standard InChI is InChI=1S/C13H19N3O3/c1-9(7-14)13(18)16-10-3-5-11(6-4-10)19-8-12(17)15-2/h3-6,9H,7-8,14H2,1-2H3,(H,15,17)(H,16,18). The van der Waals surface area contributed by atoms with Crippen LogP contribution >= 0.6 is 0 Å². The zero-order valence-electron chi connectivity index (χ0n) is 11.1. The zero-order chi connectivity index (χ0) is 14.3. The van der Waals surface area contributed by atoms with Crippen LogP contribution in [0.1, 0.15) is 6.92 Å². The quantitative estimate of drug-likeness (QED) is 0.691. The van der Waals surface area contributed by atoms with Gasteiger partial charge in [0.2, 0.25) is 5.91 Å². The number of likely N-dealkylation sites (N-methyl/N-ethyl adjacent to an activating group) is 1. The normalized spacial score (nSPS) is 11.5. The first kappa shape index (κ1) is 15.0. The third kappa shape index (κ3) is 4.97. The molecule has 6 heteroatoms. The highest BCUT2D eigenvalue weighted by atomic mass is 16.5. The summed E-state index contributed by atoms with van der Waals surface area (Å²) in [4.78, 5) is 22.6. The Morgan fingerprint density at radius 3 is 2.47 bits per heavy atom. The van der Waals surface area contributed by atoms with Gasteiger partial charge in [0.1, 0.15) is 5.75 Å². The zero-order valence-corrected chi connectivity index (χ0v) is 11.1. The molecular formula is C13H19N3O3. The van der Waals surface area contributed by atoms with Crippen molar-refractivity contribution >= 4 is 17.5 Å². The summed E-state index contributed by atoms with van der Waals surface area (Å²) in [5.74, 6) is 0.00771. The second kappa shape index (κ2) is 7.38. The van der Waals surface area contributed by atoms with Crippen molar-refractivity contribution in [3.05, 3.63) is 24.3 Å². The molecule has 1 aromatic carbocycles. The highest BCUT2D eigenvalue weighted by Crippen LogP contribution is 2.16. The number of nitrogens with one attached hydrogen (secondary N) is 2. The van der Waals surface area contributed by atoms with Crippen LogP contribution in [0.25, 0.3) is 0 Å². The molecule has 0 aliphatic heterocycles. The molecule has 104 valence electrons. The van der Waals surface area contributed by atoms with Crippen molar-refractivity contribution in [3.8, 4) is 5.75 Å². The van der Waals surface area contributed by atoms with E-state index in [9.17, 15) is 9.59 Å². The molecule has 1 rings (SSSR count). The summed E-state index contributed by atoms with van der Waals surface area (Å²) < 4.78 is 5.24. The maximum Gasteiger partial charge on any atom is 0.257 e. The van der Waals surface area contributed by atoms with Crippen LogP contribution in [0.4, 0.5) is 5.69 Å². The van der Waals surface area contributed by atoms with Gasteiger partial charge in [-0.25, -0.2) is 0 Å². The fraction of sp³-hybridized carbons (Fsp3) is 0.385. The van der Waals surface area contributed by atoms with Crippen molar-refractivity contribution in [2.45, 2.75) is 6.92 Å². The van der Waals surface area contributed by atoms with E-state index in [1.54, 1.807) is 38.2 Å². The van der Waals surface area contributed by atoms with Gasteiger partial charge in [0.15, 0.2) is 6.61 Å². The largest absolute Gasteiger partial charge is 0.484 e. The van der Waals surface area contributed by atoms with E-state index in [0.717, 1.165) is 0 Å². The number of nitrogens with two attached hydrogens (primary N) is 1.